The maximum Gasteiger partial charge on any atom is 0.303 e. The summed E-state index contributed by atoms with van der Waals surface area (Å²) in [6.07, 6.45) is 1.13. The number of rotatable bonds is 7. The second-order valence-corrected chi connectivity index (χ2v) is 6.88. The van der Waals surface area contributed by atoms with Crippen molar-refractivity contribution < 1.29 is 24.6 Å². The molecule has 0 fully saturated rings. The number of halogens is 1. The molecule has 28 heavy (non-hydrogen) atoms. The number of carboxylic acid groups (broad SMARTS) is 1. The predicted octanol–water partition coefficient (Wildman–Crippen LogP) is 1.57. The SMILES string of the molecule is NC(=O)[C@H](CCC(=O)O)N1Cc2cc(-c3cc(CO)c(Cl)cn3)ccc2C1=O. The lowest BCUT2D eigenvalue weighted by atomic mass is 10.0. The van der Waals surface area contributed by atoms with Crippen LogP contribution in [0.15, 0.2) is 30.5 Å². The fourth-order valence-electron chi connectivity index (χ4n) is 3.23. The molecular formula is C19H18ClN3O5. The number of carboxylic acids is 1. The molecular weight excluding hydrogens is 386 g/mol. The molecule has 0 bridgehead atoms. The molecule has 3 rings (SSSR count). The number of nitrogens with two attached hydrogens (primary N) is 1. The highest BCUT2D eigenvalue weighted by Gasteiger charge is 2.35. The van der Waals surface area contributed by atoms with Gasteiger partial charge >= 0.3 is 5.97 Å². The van der Waals surface area contributed by atoms with Gasteiger partial charge in [-0.25, -0.2) is 0 Å². The van der Waals surface area contributed by atoms with Crippen molar-refractivity contribution in [2.75, 3.05) is 0 Å². The van der Waals surface area contributed by atoms with E-state index < -0.39 is 17.9 Å². The molecule has 0 saturated carbocycles. The number of aliphatic hydroxyl groups excluding tert-OH is 1. The number of aromatic nitrogens is 1. The Kier molecular flexibility index (Phi) is 5.62. The van der Waals surface area contributed by atoms with Crippen molar-refractivity contribution in [3.05, 3.63) is 52.2 Å². The Bertz CT molecular complexity index is 963. The second kappa shape index (κ2) is 7.95. The van der Waals surface area contributed by atoms with Crippen LogP contribution < -0.4 is 5.73 Å². The lowest BCUT2D eigenvalue weighted by Crippen LogP contribution is -2.45. The number of hydrogen-bond acceptors (Lipinski definition) is 5. The number of aliphatic hydroxyl groups is 1. The van der Waals surface area contributed by atoms with E-state index in [9.17, 15) is 19.5 Å². The van der Waals surface area contributed by atoms with Gasteiger partial charge in [-0.3, -0.25) is 19.4 Å². The van der Waals surface area contributed by atoms with Crippen LogP contribution in [0.4, 0.5) is 0 Å². The van der Waals surface area contributed by atoms with E-state index in [1.807, 2.05) is 0 Å². The van der Waals surface area contributed by atoms with E-state index in [2.05, 4.69) is 4.98 Å². The number of carbonyl (C=O) groups excluding carboxylic acids is 2. The number of fused-ring (bicyclic) bond motifs is 1. The van der Waals surface area contributed by atoms with Crippen LogP contribution in [-0.4, -0.2) is 43.9 Å². The highest BCUT2D eigenvalue weighted by molar-refractivity contribution is 6.31. The maximum atomic E-state index is 12.7. The lowest BCUT2D eigenvalue weighted by Gasteiger charge is -2.24. The molecule has 9 heteroatoms. The van der Waals surface area contributed by atoms with Crippen LogP contribution in [0.1, 0.15) is 34.3 Å². The van der Waals surface area contributed by atoms with Gasteiger partial charge in [-0.05, 0) is 35.7 Å². The Labute approximate surface area is 165 Å². The minimum atomic E-state index is -1.06. The third-order valence-electron chi connectivity index (χ3n) is 4.67. The third-order valence-corrected chi connectivity index (χ3v) is 5.01. The van der Waals surface area contributed by atoms with Gasteiger partial charge in [-0.15, -0.1) is 0 Å². The monoisotopic (exact) mass is 403 g/mol. The van der Waals surface area contributed by atoms with Crippen LogP contribution in [0.25, 0.3) is 11.3 Å². The van der Waals surface area contributed by atoms with Crippen molar-refractivity contribution >= 4 is 29.4 Å². The van der Waals surface area contributed by atoms with E-state index in [1.54, 1.807) is 24.3 Å². The van der Waals surface area contributed by atoms with Crippen molar-refractivity contribution in [3.8, 4) is 11.3 Å². The summed E-state index contributed by atoms with van der Waals surface area (Å²) in [5.74, 6) is -2.17. The quantitative estimate of drug-likeness (QED) is 0.642. The number of amides is 2. The molecule has 2 aromatic rings. The van der Waals surface area contributed by atoms with E-state index in [-0.39, 0.29) is 31.9 Å². The Morgan fingerprint density at radius 2 is 2.07 bits per heavy atom. The van der Waals surface area contributed by atoms with Crippen LogP contribution in [-0.2, 0) is 22.7 Å². The second-order valence-electron chi connectivity index (χ2n) is 6.47. The van der Waals surface area contributed by atoms with Crippen molar-refractivity contribution in [1.29, 1.82) is 0 Å². The first kappa shape index (κ1) is 19.8. The molecule has 1 aromatic heterocycles. The standard InChI is InChI=1S/C19H18ClN3O5/c20-14-7-22-15(6-12(14)9-24)10-1-2-13-11(5-10)8-23(19(13)28)16(18(21)27)3-4-17(25)26/h1-2,5-7,16,24H,3-4,8-9H2,(H2,21,27)(H,25,26)/t16-/m0/s1. The molecule has 2 heterocycles. The van der Waals surface area contributed by atoms with Gasteiger partial charge in [0, 0.05) is 30.3 Å². The van der Waals surface area contributed by atoms with Crippen molar-refractivity contribution in [2.45, 2.75) is 32.0 Å². The third kappa shape index (κ3) is 3.83. The normalized spacial score (nSPS) is 14.1. The van der Waals surface area contributed by atoms with Gasteiger partial charge in [-0.2, -0.15) is 0 Å². The first-order valence-electron chi connectivity index (χ1n) is 8.52. The van der Waals surface area contributed by atoms with Gasteiger partial charge in [0.1, 0.15) is 6.04 Å². The fraction of sp³-hybridized carbons (Fsp3) is 0.263. The summed E-state index contributed by atoms with van der Waals surface area (Å²) in [7, 11) is 0. The number of nitrogens with zero attached hydrogens (tertiary/aromatic N) is 2. The van der Waals surface area contributed by atoms with Crippen LogP contribution in [0, 0.1) is 0 Å². The van der Waals surface area contributed by atoms with E-state index >= 15 is 0 Å². The Balaban J connectivity index is 1.89. The Morgan fingerprint density at radius 3 is 2.71 bits per heavy atom. The molecule has 2 amide bonds. The van der Waals surface area contributed by atoms with E-state index in [4.69, 9.17) is 22.4 Å². The van der Waals surface area contributed by atoms with Gasteiger partial charge in [0.15, 0.2) is 0 Å². The molecule has 0 radical (unpaired) electrons. The molecule has 0 aliphatic carbocycles. The fourth-order valence-corrected chi connectivity index (χ4v) is 3.39. The average Bonchev–Trinajstić information content (AvgIpc) is 2.97. The van der Waals surface area contributed by atoms with Crippen LogP contribution >= 0.6 is 11.6 Å². The minimum Gasteiger partial charge on any atom is -0.481 e. The zero-order valence-electron chi connectivity index (χ0n) is 14.8. The summed E-state index contributed by atoms with van der Waals surface area (Å²) in [6.45, 7) is -0.0783. The lowest BCUT2D eigenvalue weighted by molar-refractivity contribution is -0.137. The first-order chi connectivity index (χ1) is 13.3. The number of aliphatic carboxylic acids is 1. The van der Waals surface area contributed by atoms with Crippen LogP contribution in [0.5, 0.6) is 0 Å². The highest BCUT2D eigenvalue weighted by atomic mass is 35.5. The summed E-state index contributed by atoms with van der Waals surface area (Å²) >= 11 is 5.97. The molecule has 1 aromatic carbocycles. The van der Waals surface area contributed by atoms with Crippen LogP contribution in [0.2, 0.25) is 5.02 Å². The van der Waals surface area contributed by atoms with Gasteiger partial charge in [-0.1, -0.05) is 17.7 Å². The summed E-state index contributed by atoms with van der Waals surface area (Å²) in [5.41, 5.74) is 8.35. The first-order valence-corrected chi connectivity index (χ1v) is 8.90. The number of primary amides is 1. The molecule has 4 N–H and O–H groups in total. The zero-order chi connectivity index (χ0) is 20.4. The van der Waals surface area contributed by atoms with Crippen molar-refractivity contribution in [2.24, 2.45) is 5.73 Å². The summed E-state index contributed by atoms with van der Waals surface area (Å²) in [5, 5.41) is 18.6. The van der Waals surface area contributed by atoms with Crippen molar-refractivity contribution in [1.82, 2.24) is 9.88 Å². The van der Waals surface area contributed by atoms with Gasteiger partial charge < -0.3 is 20.8 Å². The van der Waals surface area contributed by atoms with Gasteiger partial charge in [0.05, 0.1) is 17.3 Å². The molecule has 8 nitrogen and oxygen atoms in total. The Morgan fingerprint density at radius 1 is 1.32 bits per heavy atom. The van der Waals surface area contributed by atoms with Crippen molar-refractivity contribution in [3.63, 3.8) is 0 Å². The summed E-state index contributed by atoms with van der Waals surface area (Å²) in [4.78, 5) is 40.8. The molecule has 1 aliphatic heterocycles. The molecule has 0 saturated heterocycles. The van der Waals surface area contributed by atoms with E-state index in [1.165, 1.54) is 11.1 Å². The largest absolute Gasteiger partial charge is 0.481 e. The number of pyridine rings is 1. The van der Waals surface area contributed by atoms with E-state index in [0.29, 0.717) is 27.4 Å². The number of carbonyl (C=O) groups is 3. The van der Waals surface area contributed by atoms with Gasteiger partial charge in [0.25, 0.3) is 5.91 Å². The molecule has 0 spiro atoms. The van der Waals surface area contributed by atoms with E-state index in [0.717, 1.165) is 5.56 Å². The average molecular weight is 404 g/mol. The minimum absolute atomic E-state index is 0.0458. The topological polar surface area (TPSA) is 134 Å². The molecule has 1 aliphatic rings. The zero-order valence-corrected chi connectivity index (χ0v) is 15.5. The maximum absolute atomic E-state index is 12.7. The molecule has 1 atom stereocenters. The summed E-state index contributed by atoms with van der Waals surface area (Å²) < 4.78 is 0. The molecule has 146 valence electrons. The Hall–Kier alpha value is -2.97. The summed E-state index contributed by atoms with van der Waals surface area (Å²) in [6, 6.07) is 5.80. The van der Waals surface area contributed by atoms with Crippen LogP contribution in [0.3, 0.4) is 0 Å². The number of benzene rings is 1. The predicted molar refractivity (Wildman–Crippen MR) is 100 cm³/mol. The highest BCUT2D eigenvalue weighted by Crippen LogP contribution is 2.31. The molecule has 0 unspecified atom stereocenters. The van der Waals surface area contributed by atoms with Gasteiger partial charge in [0.2, 0.25) is 5.91 Å². The number of hydrogen-bond donors (Lipinski definition) is 3. The smallest absolute Gasteiger partial charge is 0.303 e.